The Balaban J connectivity index is 4.33. The average Bonchev–Trinajstić information content (AvgIpc) is 3.28. The number of carbonyl (C=O) groups is 3. The van der Waals surface area contributed by atoms with Crippen molar-refractivity contribution < 1.29 is 38.2 Å². The van der Waals surface area contributed by atoms with Crippen molar-refractivity contribution in [2.75, 3.05) is 41.0 Å². The molecule has 8 nitrogen and oxygen atoms in total. The maximum Gasteiger partial charge on any atom is 0.306 e. The lowest BCUT2D eigenvalue weighted by molar-refractivity contribution is -0.889. The number of esters is 2. The van der Waals surface area contributed by atoms with Gasteiger partial charge in [0.2, 0.25) is 0 Å². The van der Waals surface area contributed by atoms with Crippen LogP contribution in [0.5, 0.6) is 0 Å². The number of rotatable bonds is 45. The van der Waals surface area contributed by atoms with Gasteiger partial charge in [-0.15, -0.1) is 0 Å². The SMILES string of the molecule is CC/C=C/C/C=C/C/C=C/C/C=C/C/C=C/C/C=C/CCCCCCC(=O)OC(COCCC(C(=O)[O-])[N+](C)(C)C)COC(=O)CCCCCCCCCCC/C=C/C/C=C/C/C=C/CC. The van der Waals surface area contributed by atoms with E-state index in [1.807, 2.05) is 0 Å². The Labute approximate surface area is 404 Å². The Bertz CT molecular complexity index is 1440. The van der Waals surface area contributed by atoms with Gasteiger partial charge in [0.05, 0.1) is 40.3 Å². The van der Waals surface area contributed by atoms with E-state index in [1.165, 1.54) is 38.5 Å². The number of likely N-dealkylation sites (N-methyl/N-ethyl adjacent to an activating group) is 1. The quantitative estimate of drug-likeness (QED) is 0.0259. The van der Waals surface area contributed by atoms with Gasteiger partial charge in [-0.05, 0) is 96.3 Å². The molecular formula is C58H95NO7. The first-order valence-corrected chi connectivity index (χ1v) is 25.9. The summed E-state index contributed by atoms with van der Waals surface area (Å²) >= 11 is 0. The molecule has 0 amide bonds. The maximum absolute atomic E-state index is 12.8. The number of unbranched alkanes of at least 4 members (excludes halogenated alkanes) is 13. The van der Waals surface area contributed by atoms with Gasteiger partial charge in [0.1, 0.15) is 12.6 Å². The first-order valence-electron chi connectivity index (χ1n) is 25.9. The van der Waals surface area contributed by atoms with Crippen LogP contribution in [-0.2, 0) is 28.6 Å². The van der Waals surface area contributed by atoms with Gasteiger partial charge in [0, 0.05) is 19.3 Å². The topological polar surface area (TPSA) is 102 Å². The van der Waals surface area contributed by atoms with Crippen molar-refractivity contribution in [1.29, 1.82) is 0 Å². The minimum Gasteiger partial charge on any atom is -0.544 e. The van der Waals surface area contributed by atoms with Crippen LogP contribution in [0.4, 0.5) is 0 Å². The first kappa shape index (κ1) is 62.0. The number of carbonyl (C=O) groups excluding carboxylic acids is 3. The predicted molar refractivity (Wildman–Crippen MR) is 277 cm³/mol. The first-order chi connectivity index (χ1) is 32.1. The van der Waals surface area contributed by atoms with Crippen LogP contribution < -0.4 is 5.11 Å². The molecule has 0 rings (SSSR count). The van der Waals surface area contributed by atoms with Gasteiger partial charge >= 0.3 is 11.9 Å². The van der Waals surface area contributed by atoms with E-state index in [1.54, 1.807) is 21.1 Å². The summed E-state index contributed by atoms with van der Waals surface area (Å²) in [6.07, 6.45) is 65.4. The second kappa shape index (κ2) is 47.5. The predicted octanol–water partition coefficient (Wildman–Crippen LogP) is 13.9. The second-order valence-electron chi connectivity index (χ2n) is 18.0. The van der Waals surface area contributed by atoms with E-state index in [2.05, 4.69) is 123 Å². The van der Waals surface area contributed by atoms with Gasteiger partial charge < -0.3 is 28.6 Å². The highest BCUT2D eigenvalue weighted by molar-refractivity contribution is 5.70. The number of allylic oxidation sites excluding steroid dienone is 18. The normalized spacial score (nSPS) is 13.8. The van der Waals surface area contributed by atoms with Crippen molar-refractivity contribution in [3.63, 3.8) is 0 Å². The molecule has 0 heterocycles. The average molecular weight is 918 g/mol. The Morgan fingerprint density at radius 1 is 0.455 bits per heavy atom. The zero-order valence-electron chi connectivity index (χ0n) is 42.6. The number of nitrogens with zero attached hydrogens (tertiary/aromatic N) is 1. The highest BCUT2D eigenvalue weighted by Gasteiger charge is 2.25. The fourth-order valence-corrected chi connectivity index (χ4v) is 6.97. The monoisotopic (exact) mass is 918 g/mol. The number of aliphatic carboxylic acids is 1. The third-order valence-electron chi connectivity index (χ3n) is 10.9. The molecule has 0 aromatic heterocycles. The Morgan fingerprint density at radius 2 is 0.803 bits per heavy atom. The fourth-order valence-electron chi connectivity index (χ4n) is 6.97. The minimum absolute atomic E-state index is 0.0214. The molecule has 0 radical (unpaired) electrons. The summed E-state index contributed by atoms with van der Waals surface area (Å²) < 4.78 is 17.2. The number of hydrogen-bond donors (Lipinski definition) is 0. The summed E-state index contributed by atoms with van der Waals surface area (Å²) in [6, 6.07) is -0.739. The van der Waals surface area contributed by atoms with Crippen LogP contribution in [0.1, 0.15) is 187 Å². The van der Waals surface area contributed by atoms with Gasteiger partial charge in [0.15, 0.2) is 6.10 Å². The Morgan fingerprint density at radius 3 is 1.18 bits per heavy atom. The summed E-state index contributed by atoms with van der Waals surface area (Å²) in [5.74, 6) is -1.79. The third-order valence-corrected chi connectivity index (χ3v) is 10.9. The van der Waals surface area contributed by atoms with E-state index >= 15 is 0 Å². The molecule has 0 N–H and O–H groups in total. The smallest absolute Gasteiger partial charge is 0.306 e. The number of ether oxygens (including phenoxy) is 3. The Kier molecular flexibility index (Phi) is 44.6. The number of hydrogen-bond acceptors (Lipinski definition) is 7. The highest BCUT2D eigenvalue weighted by atomic mass is 16.6. The van der Waals surface area contributed by atoms with Crippen LogP contribution in [0.15, 0.2) is 109 Å². The number of quaternary nitrogens is 1. The van der Waals surface area contributed by atoms with E-state index in [0.29, 0.717) is 6.42 Å². The standard InChI is InChI=1S/C58H95NO7/c1-6-8-10-12-14-16-18-20-22-24-26-27-28-29-31-33-35-37-39-41-43-45-47-49-57(61)66-54(52-64-51-50-55(58(62)63)59(3,4)5)53-65-56(60)48-46-44-42-40-38-36-34-32-30-25-23-21-19-17-15-13-11-9-7-2/h8-11,14-17,20-23,26-27,29,31,35,37,54-55H,6-7,12-13,18-19,24-25,28,30,32-34,36,38-53H2,1-5H3/b10-8+,11-9+,16-14+,17-15+,22-20+,23-21+,27-26+,31-29+,37-35+. The molecule has 8 heteroatoms. The largest absolute Gasteiger partial charge is 0.544 e. The van der Waals surface area contributed by atoms with Crippen molar-refractivity contribution in [1.82, 2.24) is 0 Å². The molecule has 0 aliphatic carbocycles. The van der Waals surface area contributed by atoms with Crippen molar-refractivity contribution >= 4 is 17.9 Å². The van der Waals surface area contributed by atoms with E-state index in [0.717, 1.165) is 116 Å². The van der Waals surface area contributed by atoms with E-state index in [4.69, 9.17) is 14.2 Å². The van der Waals surface area contributed by atoms with Crippen molar-refractivity contribution in [2.24, 2.45) is 0 Å². The van der Waals surface area contributed by atoms with Gasteiger partial charge in [-0.3, -0.25) is 9.59 Å². The van der Waals surface area contributed by atoms with Crippen LogP contribution in [-0.4, -0.2) is 75.5 Å². The molecule has 0 fully saturated rings. The second-order valence-corrected chi connectivity index (χ2v) is 18.0. The molecule has 374 valence electrons. The van der Waals surface area contributed by atoms with Crippen molar-refractivity contribution in [3.05, 3.63) is 109 Å². The molecule has 0 spiro atoms. The van der Waals surface area contributed by atoms with Crippen LogP contribution in [0, 0.1) is 0 Å². The molecule has 2 unspecified atom stereocenters. The van der Waals surface area contributed by atoms with E-state index in [-0.39, 0.29) is 49.1 Å². The highest BCUT2D eigenvalue weighted by Crippen LogP contribution is 2.14. The molecule has 66 heavy (non-hydrogen) atoms. The lowest BCUT2D eigenvalue weighted by Crippen LogP contribution is -2.55. The zero-order valence-corrected chi connectivity index (χ0v) is 42.6. The van der Waals surface area contributed by atoms with Crippen LogP contribution in [0.3, 0.4) is 0 Å². The number of carboxylic acids is 1. The van der Waals surface area contributed by atoms with Crippen molar-refractivity contribution in [2.45, 2.75) is 199 Å². The minimum atomic E-state index is -1.13. The molecule has 2 atom stereocenters. The van der Waals surface area contributed by atoms with Crippen LogP contribution in [0.2, 0.25) is 0 Å². The van der Waals surface area contributed by atoms with Crippen LogP contribution >= 0.6 is 0 Å². The van der Waals surface area contributed by atoms with Crippen molar-refractivity contribution in [3.8, 4) is 0 Å². The van der Waals surface area contributed by atoms with Gasteiger partial charge in [-0.1, -0.05) is 181 Å². The van der Waals surface area contributed by atoms with Crippen LogP contribution in [0.25, 0.3) is 0 Å². The summed E-state index contributed by atoms with van der Waals surface area (Å²) in [4.78, 5) is 37.1. The summed E-state index contributed by atoms with van der Waals surface area (Å²) in [5.41, 5.74) is 0. The summed E-state index contributed by atoms with van der Waals surface area (Å²) in [5, 5.41) is 11.7. The molecule has 0 aliphatic heterocycles. The molecule has 0 aromatic rings. The zero-order chi connectivity index (χ0) is 48.4. The summed E-state index contributed by atoms with van der Waals surface area (Å²) in [6.45, 7) is 4.40. The van der Waals surface area contributed by atoms with E-state index in [9.17, 15) is 19.5 Å². The fraction of sp³-hybridized carbons (Fsp3) is 0.638. The van der Waals surface area contributed by atoms with Gasteiger partial charge in [0.25, 0.3) is 0 Å². The lowest BCUT2D eigenvalue weighted by Gasteiger charge is -2.34. The molecule has 0 aromatic carbocycles. The third kappa shape index (κ3) is 45.2. The molecule has 0 aliphatic rings. The van der Waals surface area contributed by atoms with Gasteiger partial charge in [-0.25, -0.2) is 0 Å². The maximum atomic E-state index is 12.8. The molecule has 0 saturated heterocycles. The lowest BCUT2D eigenvalue weighted by atomic mass is 10.1. The number of carboxylic acid groups (broad SMARTS) is 1. The molecule has 0 saturated carbocycles. The molecule has 0 bridgehead atoms. The Hall–Kier alpha value is -4.01. The van der Waals surface area contributed by atoms with Gasteiger partial charge in [-0.2, -0.15) is 0 Å². The summed E-state index contributed by atoms with van der Waals surface area (Å²) in [7, 11) is 5.39. The van der Waals surface area contributed by atoms with E-state index < -0.39 is 18.1 Å². The molecular weight excluding hydrogens is 823 g/mol.